The second-order valence-corrected chi connectivity index (χ2v) is 6.97. The van der Waals surface area contributed by atoms with Crippen molar-refractivity contribution >= 4 is 24.2 Å². The van der Waals surface area contributed by atoms with E-state index in [4.69, 9.17) is 4.74 Å². The van der Waals surface area contributed by atoms with E-state index in [9.17, 15) is 9.59 Å². The number of carbonyl (C=O) groups is 2. The zero-order valence-corrected chi connectivity index (χ0v) is 15.9. The summed E-state index contributed by atoms with van der Waals surface area (Å²) in [7, 11) is 0. The van der Waals surface area contributed by atoms with Crippen molar-refractivity contribution in [1.82, 2.24) is 16.0 Å². The first-order chi connectivity index (χ1) is 12.1. The largest absolute Gasteiger partial charge is 0.376 e. The van der Waals surface area contributed by atoms with E-state index in [0.717, 1.165) is 38.1 Å². The maximum absolute atomic E-state index is 12.3. The van der Waals surface area contributed by atoms with Gasteiger partial charge in [0.05, 0.1) is 6.10 Å². The minimum Gasteiger partial charge on any atom is -0.376 e. The average molecular weight is 382 g/mol. The second-order valence-electron chi connectivity index (χ2n) is 6.97. The number of benzene rings is 1. The van der Waals surface area contributed by atoms with E-state index in [0.29, 0.717) is 24.6 Å². The molecule has 0 spiro atoms. The lowest BCUT2D eigenvalue weighted by Crippen LogP contribution is -2.49. The highest BCUT2D eigenvalue weighted by Crippen LogP contribution is 2.16. The lowest BCUT2D eigenvalue weighted by atomic mass is 9.88. The van der Waals surface area contributed by atoms with Crippen LogP contribution in [0.1, 0.15) is 35.7 Å². The van der Waals surface area contributed by atoms with Crippen LogP contribution in [-0.2, 0) is 16.1 Å². The number of amides is 2. The van der Waals surface area contributed by atoms with E-state index in [1.165, 1.54) is 0 Å². The van der Waals surface area contributed by atoms with Crippen LogP contribution in [0.15, 0.2) is 24.3 Å². The van der Waals surface area contributed by atoms with Crippen molar-refractivity contribution in [3.63, 3.8) is 0 Å². The molecule has 6 nitrogen and oxygen atoms in total. The highest BCUT2D eigenvalue weighted by atomic mass is 35.5. The zero-order chi connectivity index (χ0) is 17.6. The van der Waals surface area contributed by atoms with Crippen LogP contribution in [0.2, 0.25) is 0 Å². The fourth-order valence-corrected chi connectivity index (χ4v) is 3.17. The van der Waals surface area contributed by atoms with Gasteiger partial charge >= 0.3 is 0 Å². The molecule has 1 aromatic carbocycles. The van der Waals surface area contributed by atoms with Crippen molar-refractivity contribution < 1.29 is 14.3 Å². The lowest BCUT2D eigenvalue weighted by molar-refractivity contribution is -0.126. The second kappa shape index (κ2) is 9.90. The molecule has 2 aliphatic heterocycles. The predicted octanol–water partition coefficient (Wildman–Crippen LogP) is 1.49. The zero-order valence-electron chi connectivity index (χ0n) is 15.1. The number of hydrogen-bond donors (Lipinski definition) is 3. The van der Waals surface area contributed by atoms with Gasteiger partial charge in [0.25, 0.3) is 5.91 Å². The molecule has 26 heavy (non-hydrogen) atoms. The van der Waals surface area contributed by atoms with E-state index >= 15 is 0 Å². The molecule has 0 saturated carbocycles. The molecule has 2 saturated heterocycles. The summed E-state index contributed by atoms with van der Waals surface area (Å²) in [6.07, 6.45) is 2.19. The summed E-state index contributed by atoms with van der Waals surface area (Å²) >= 11 is 0. The number of rotatable bonds is 7. The normalized spacial score (nSPS) is 20.6. The first kappa shape index (κ1) is 20.7. The topological polar surface area (TPSA) is 79.5 Å². The third-order valence-corrected chi connectivity index (χ3v) is 5.10. The van der Waals surface area contributed by atoms with E-state index in [-0.39, 0.29) is 36.2 Å². The van der Waals surface area contributed by atoms with Gasteiger partial charge in [-0.1, -0.05) is 19.1 Å². The number of ether oxygens (including phenoxy) is 1. The highest BCUT2D eigenvalue weighted by Gasteiger charge is 2.28. The van der Waals surface area contributed by atoms with Crippen LogP contribution in [0.3, 0.4) is 0 Å². The SMILES string of the molecule is CC(C(=O)NCc1cccc(C(=O)NCC2CCCO2)c1)C1CNC1.Cl. The van der Waals surface area contributed by atoms with Crippen LogP contribution >= 0.6 is 12.4 Å². The maximum atomic E-state index is 12.3. The van der Waals surface area contributed by atoms with Crippen LogP contribution in [0.4, 0.5) is 0 Å². The Morgan fingerprint density at radius 1 is 1.31 bits per heavy atom. The quantitative estimate of drug-likeness (QED) is 0.668. The Balaban J connectivity index is 0.00000243. The van der Waals surface area contributed by atoms with Crippen LogP contribution in [-0.4, -0.2) is 44.2 Å². The Hall–Kier alpha value is -1.63. The van der Waals surface area contributed by atoms with E-state index < -0.39 is 0 Å². The van der Waals surface area contributed by atoms with Gasteiger partial charge in [0.15, 0.2) is 0 Å². The minimum atomic E-state index is -0.0995. The summed E-state index contributed by atoms with van der Waals surface area (Å²) in [5.41, 5.74) is 1.54. The van der Waals surface area contributed by atoms with Crippen LogP contribution in [0.5, 0.6) is 0 Å². The monoisotopic (exact) mass is 381 g/mol. The van der Waals surface area contributed by atoms with Gasteiger partial charge in [-0.05, 0) is 49.5 Å². The highest BCUT2D eigenvalue weighted by molar-refractivity contribution is 5.94. The third-order valence-electron chi connectivity index (χ3n) is 5.10. The van der Waals surface area contributed by atoms with Crippen LogP contribution < -0.4 is 16.0 Å². The fourth-order valence-electron chi connectivity index (χ4n) is 3.17. The fraction of sp³-hybridized carbons (Fsp3) is 0.579. The summed E-state index contributed by atoms with van der Waals surface area (Å²) < 4.78 is 5.52. The molecule has 0 bridgehead atoms. The minimum absolute atomic E-state index is 0. The summed E-state index contributed by atoms with van der Waals surface area (Å²) in [6.45, 7) is 5.56. The Labute approximate surface area is 160 Å². The first-order valence-corrected chi connectivity index (χ1v) is 9.10. The Kier molecular flexibility index (Phi) is 7.87. The van der Waals surface area contributed by atoms with Crippen molar-refractivity contribution in [3.8, 4) is 0 Å². The van der Waals surface area contributed by atoms with Gasteiger partial charge in [-0.3, -0.25) is 9.59 Å². The molecular formula is C19H28ClN3O3. The van der Waals surface area contributed by atoms with Crippen molar-refractivity contribution in [3.05, 3.63) is 35.4 Å². The predicted molar refractivity (Wildman–Crippen MR) is 102 cm³/mol. The Morgan fingerprint density at radius 2 is 2.12 bits per heavy atom. The molecule has 0 radical (unpaired) electrons. The number of hydrogen-bond acceptors (Lipinski definition) is 4. The van der Waals surface area contributed by atoms with Gasteiger partial charge < -0.3 is 20.7 Å². The molecule has 7 heteroatoms. The molecule has 2 fully saturated rings. The van der Waals surface area contributed by atoms with Crippen LogP contribution in [0, 0.1) is 11.8 Å². The maximum Gasteiger partial charge on any atom is 0.251 e. The average Bonchev–Trinajstić information content (AvgIpc) is 3.09. The molecular weight excluding hydrogens is 354 g/mol. The van der Waals surface area contributed by atoms with Crippen molar-refractivity contribution in [2.24, 2.45) is 11.8 Å². The van der Waals surface area contributed by atoms with E-state index in [2.05, 4.69) is 16.0 Å². The summed E-state index contributed by atoms with van der Waals surface area (Å²) in [4.78, 5) is 24.5. The molecule has 0 aliphatic carbocycles. The van der Waals surface area contributed by atoms with Gasteiger partial charge in [-0.15, -0.1) is 12.4 Å². The molecule has 0 aromatic heterocycles. The van der Waals surface area contributed by atoms with Crippen molar-refractivity contribution in [1.29, 1.82) is 0 Å². The molecule has 3 N–H and O–H groups in total. The molecule has 2 atom stereocenters. The lowest BCUT2D eigenvalue weighted by Gasteiger charge is -2.31. The molecule has 144 valence electrons. The summed E-state index contributed by atoms with van der Waals surface area (Å²) in [5.74, 6) is 0.409. The summed E-state index contributed by atoms with van der Waals surface area (Å²) in [6, 6.07) is 7.40. The standard InChI is InChI=1S/C19H27N3O3.ClH/c1-13(16-10-20-11-16)18(23)21-9-14-4-2-5-15(8-14)19(24)22-12-17-6-3-7-25-17;/h2,4-5,8,13,16-17,20H,3,6-7,9-12H2,1H3,(H,21,23)(H,22,24);1H. The molecule has 3 rings (SSSR count). The van der Waals surface area contributed by atoms with Crippen molar-refractivity contribution in [2.45, 2.75) is 32.4 Å². The summed E-state index contributed by atoms with van der Waals surface area (Å²) in [5, 5.41) is 9.08. The van der Waals surface area contributed by atoms with Crippen molar-refractivity contribution in [2.75, 3.05) is 26.2 Å². The Morgan fingerprint density at radius 3 is 2.77 bits per heavy atom. The number of carbonyl (C=O) groups excluding carboxylic acids is 2. The number of halogens is 1. The molecule has 1 aromatic rings. The van der Waals surface area contributed by atoms with Gasteiger partial charge in [-0.25, -0.2) is 0 Å². The van der Waals surface area contributed by atoms with Crippen LogP contribution in [0.25, 0.3) is 0 Å². The van der Waals surface area contributed by atoms with Gasteiger partial charge in [0.1, 0.15) is 0 Å². The number of nitrogens with one attached hydrogen (secondary N) is 3. The third kappa shape index (κ3) is 5.43. The van der Waals surface area contributed by atoms with E-state index in [1.54, 1.807) is 6.07 Å². The smallest absolute Gasteiger partial charge is 0.251 e. The molecule has 2 heterocycles. The van der Waals surface area contributed by atoms with Gasteiger partial charge in [-0.2, -0.15) is 0 Å². The molecule has 2 unspecified atom stereocenters. The first-order valence-electron chi connectivity index (χ1n) is 9.10. The Bertz CT molecular complexity index is 616. The van der Waals surface area contributed by atoms with Gasteiger partial charge in [0.2, 0.25) is 5.91 Å². The van der Waals surface area contributed by atoms with E-state index in [1.807, 2.05) is 25.1 Å². The molecule has 2 aliphatic rings. The molecule has 2 amide bonds. The van der Waals surface area contributed by atoms with Gasteiger partial charge in [0, 0.05) is 31.2 Å².